The van der Waals surface area contributed by atoms with Gasteiger partial charge >= 0.3 is 0 Å². The molecular weight excluding hydrogens is 220 g/mol. The highest BCUT2D eigenvalue weighted by molar-refractivity contribution is 5.80. The van der Waals surface area contributed by atoms with Gasteiger partial charge in [-0.15, -0.1) is 0 Å². The van der Waals surface area contributed by atoms with Gasteiger partial charge in [0.15, 0.2) is 0 Å². The number of carbonyl (C=O) groups is 1. The molecule has 0 aromatic carbocycles. The molecule has 1 aliphatic heterocycles. The van der Waals surface area contributed by atoms with E-state index in [0.717, 1.165) is 19.4 Å². The van der Waals surface area contributed by atoms with Gasteiger partial charge in [0, 0.05) is 25.7 Å². The average Bonchev–Trinajstić information content (AvgIpc) is 2.33. The van der Waals surface area contributed by atoms with Crippen LogP contribution in [0.25, 0.3) is 0 Å². The first-order valence-electron chi connectivity index (χ1n) is 6.38. The molecule has 0 bridgehead atoms. The lowest BCUT2D eigenvalue weighted by Gasteiger charge is -2.32. The van der Waals surface area contributed by atoms with E-state index in [-0.39, 0.29) is 11.9 Å². The Labute approximate surface area is 103 Å². The van der Waals surface area contributed by atoms with Crippen LogP contribution in [0.3, 0.4) is 0 Å². The molecule has 1 aliphatic rings. The lowest BCUT2D eigenvalue weighted by Crippen LogP contribution is -2.49. The summed E-state index contributed by atoms with van der Waals surface area (Å²) in [5.41, 5.74) is 5.85. The number of piperidine rings is 1. The molecule has 2 N–H and O–H groups in total. The van der Waals surface area contributed by atoms with E-state index in [1.54, 1.807) is 11.8 Å². The van der Waals surface area contributed by atoms with Crippen molar-refractivity contribution < 1.29 is 14.3 Å². The average molecular weight is 244 g/mol. The number of likely N-dealkylation sites (tertiary alicyclic amines) is 1. The molecule has 2 atom stereocenters. The second kappa shape index (κ2) is 7.63. The van der Waals surface area contributed by atoms with Crippen LogP contribution >= 0.6 is 0 Å². The second-order valence-electron chi connectivity index (χ2n) is 4.40. The monoisotopic (exact) mass is 244 g/mol. The Hall–Kier alpha value is -0.650. The Balaban J connectivity index is 2.25. The highest BCUT2D eigenvalue weighted by Crippen LogP contribution is 2.10. The van der Waals surface area contributed by atoms with Gasteiger partial charge in [0.1, 0.15) is 6.10 Å². The fourth-order valence-corrected chi connectivity index (χ4v) is 1.97. The summed E-state index contributed by atoms with van der Waals surface area (Å²) in [6.07, 6.45) is 1.59. The molecule has 5 nitrogen and oxygen atoms in total. The molecular formula is C12H24N2O3. The van der Waals surface area contributed by atoms with Gasteiger partial charge in [-0.3, -0.25) is 4.79 Å². The van der Waals surface area contributed by atoms with Gasteiger partial charge in [-0.05, 0) is 26.7 Å². The highest BCUT2D eigenvalue weighted by atomic mass is 16.5. The van der Waals surface area contributed by atoms with E-state index >= 15 is 0 Å². The highest BCUT2D eigenvalue weighted by Gasteiger charge is 2.25. The summed E-state index contributed by atoms with van der Waals surface area (Å²) in [6.45, 7) is 6.84. The van der Waals surface area contributed by atoms with E-state index < -0.39 is 6.10 Å². The number of nitrogens with zero attached hydrogens (tertiary/aromatic N) is 1. The van der Waals surface area contributed by atoms with Gasteiger partial charge < -0.3 is 20.1 Å². The molecule has 1 saturated heterocycles. The first-order valence-corrected chi connectivity index (χ1v) is 6.38. The summed E-state index contributed by atoms with van der Waals surface area (Å²) in [5, 5.41) is 0. The molecule has 1 fully saturated rings. The maximum absolute atomic E-state index is 12.0. The summed E-state index contributed by atoms with van der Waals surface area (Å²) in [4.78, 5) is 13.8. The normalized spacial score (nSPS) is 22.5. The van der Waals surface area contributed by atoms with Gasteiger partial charge in [0.05, 0.1) is 13.2 Å². The van der Waals surface area contributed by atoms with Gasteiger partial charge in [0.2, 0.25) is 0 Å². The number of hydrogen-bond acceptors (Lipinski definition) is 4. The molecule has 1 amide bonds. The summed E-state index contributed by atoms with van der Waals surface area (Å²) in [7, 11) is 0. The van der Waals surface area contributed by atoms with Crippen molar-refractivity contribution in [2.75, 3.05) is 32.9 Å². The zero-order valence-corrected chi connectivity index (χ0v) is 10.9. The van der Waals surface area contributed by atoms with Gasteiger partial charge in [0.25, 0.3) is 5.91 Å². The maximum atomic E-state index is 12.0. The van der Waals surface area contributed by atoms with Crippen LogP contribution in [0.15, 0.2) is 0 Å². The quantitative estimate of drug-likeness (QED) is 0.686. The lowest BCUT2D eigenvalue weighted by molar-refractivity contribution is -0.144. The standard InChI is InChI=1S/C12H24N2O3/c1-3-16-7-8-17-10(2)12(15)14-6-4-5-11(13)9-14/h10-11H,3-9,13H2,1-2H3. The van der Waals surface area contributed by atoms with E-state index in [0.29, 0.717) is 26.4 Å². The molecule has 0 aromatic rings. The largest absolute Gasteiger partial charge is 0.379 e. The number of nitrogens with two attached hydrogens (primary N) is 1. The number of amides is 1. The van der Waals surface area contributed by atoms with Crippen LogP contribution in [-0.4, -0.2) is 55.9 Å². The van der Waals surface area contributed by atoms with E-state index in [1.165, 1.54) is 0 Å². The lowest BCUT2D eigenvalue weighted by atomic mass is 10.1. The fourth-order valence-electron chi connectivity index (χ4n) is 1.97. The number of hydrogen-bond donors (Lipinski definition) is 1. The van der Waals surface area contributed by atoms with Gasteiger partial charge in [-0.25, -0.2) is 0 Å². The topological polar surface area (TPSA) is 64.8 Å². The molecule has 17 heavy (non-hydrogen) atoms. The predicted molar refractivity (Wildman–Crippen MR) is 65.7 cm³/mol. The number of rotatable bonds is 6. The van der Waals surface area contributed by atoms with E-state index in [4.69, 9.17) is 15.2 Å². The molecule has 5 heteroatoms. The summed E-state index contributed by atoms with van der Waals surface area (Å²) >= 11 is 0. The molecule has 100 valence electrons. The molecule has 0 spiro atoms. The van der Waals surface area contributed by atoms with E-state index in [1.807, 2.05) is 6.92 Å². The Morgan fingerprint density at radius 3 is 2.94 bits per heavy atom. The van der Waals surface area contributed by atoms with E-state index in [9.17, 15) is 4.79 Å². The molecule has 0 radical (unpaired) electrons. The van der Waals surface area contributed by atoms with Crippen molar-refractivity contribution >= 4 is 5.91 Å². The van der Waals surface area contributed by atoms with Crippen molar-refractivity contribution in [2.24, 2.45) is 5.73 Å². The predicted octanol–water partition coefficient (Wildman–Crippen LogP) is 0.378. The van der Waals surface area contributed by atoms with Gasteiger partial charge in [-0.1, -0.05) is 0 Å². The van der Waals surface area contributed by atoms with Crippen LogP contribution in [0.5, 0.6) is 0 Å². The Bertz CT molecular complexity index is 236. The molecule has 2 unspecified atom stereocenters. The molecule has 0 saturated carbocycles. The fraction of sp³-hybridized carbons (Fsp3) is 0.917. The van der Waals surface area contributed by atoms with Crippen LogP contribution in [0.1, 0.15) is 26.7 Å². The smallest absolute Gasteiger partial charge is 0.251 e. The number of ether oxygens (including phenoxy) is 2. The second-order valence-corrected chi connectivity index (χ2v) is 4.40. The molecule has 0 aromatic heterocycles. The van der Waals surface area contributed by atoms with Crippen molar-refractivity contribution in [3.8, 4) is 0 Å². The first-order chi connectivity index (χ1) is 8.15. The molecule has 1 rings (SSSR count). The number of carbonyl (C=O) groups excluding carboxylic acids is 1. The van der Waals surface area contributed by atoms with Crippen molar-refractivity contribution in [3.63, 3.8) is 0 Å². The minimum atomic E-state index is -0.402. The third-order valence-electron chi connectivity index (χ3n) is 2.92. The minimum Gasteiger partial charge on any atom is -0.379 e. The zero-order chi connectivity index (χ0) is 12.7. The molecule has 1 heterocycles. The van der Waals surface area contributed by atoms with Crippen molar-refractivity contribution in [3.05, 3.63) is 0 Å². The van der Waals surface area contributed by atoms with Gasteiger partial charge in [-0.2, -0.15) is 0 Å². The van der Waals surface area contributed by atoms with Crippen molar-refractivity contribution in [2.45, 2.75) is 38.8 Å². The zero-order valence-electron chi connectivity index (χ0n) is 10.9. The Kier molecular flexibility index (Phi) is 6.47. The van der Waals surface area contributed by atoms with Crippen molar-refractivity contribution in [1.29, 1.82) is 0 Å². The van der Waals surface area contributed by atoms with Crippen LogP contribution < -0.4 is 5.73 Å². The van der Waals surface area contributed by atoms with E-state index in [2.05, 4.69) is 0 Å². The Morgan fingerprint density at radius 2 is 2.29 bits per heavy atom. The SMILES string of the molecule is CCOCCOC(C)C(=O)N1CCCC(N)C1. The van der Waals surface area contributed by atoms with Crippen LogP contribution in [-0.2, 0) is 14.3 Å². The third-order valence-corrected chi connectivity index (χ3v) is 2.92. The van der Waals surface area contributed by atoms with Crippen LogP contribution in [0, 0.1) is 0 Å². The van der Waals surface area contributed by atoms with Crippen LogP contribution in [0.2, 0.25) is 0 Å². The summed E-state index contributed by atoms with van der Waals surface area (Å²) < 4.78 is 10.6. The Morgan fingerprint density at radius 1 is 1.53 bits per heavy atom. The summed E-state index contributed by atoms with van der Waals surface area (Å²) in [5.74, 6) is 0.0386. The summed E-state index contributed by atoms with van der Waals surface area (Å²) in [6, 6.07) is 0.114. The maximum Gasteiger partial charge on any atom is 0.251 e. The molecule has 0 aliphatic carbocycles. The minimum absolute atomic E-state index is 0.0386. The van der Waals surface area contributed by atoms with Crippen LogP contribution in [0.4, 0.5) is 0 Å². The van der Waals surface area contributed by atoms with Crippen molar-refractivity contribution in [1.82, 2.24) is 4.90 Å². The third kappa shape index (κ3) is 5.02. The first kappa shape index (κ1) is 14.4.